The van der Waals surface area contributed by atoms with Gasteiger partial charge in [0.05, 0.1) is 0 Å². The molecule has 3 rings (SSSR count). The van der Waals surface area contributed by atoms with Gasteiger partial charge in [-0.05, 0) is 56.6 Å². The standard InChI is InChI=1S/C16H24N2O2/c1-12-10-15-16(20-9-8-19-15)11-14(12)13(2)18-6-3-4-17-5-7-18/h10-11,13,17H,3-9H2,1-2H3. The molecule has 0 aliphatic carbocycles. The van der Waals surface area contributed by atoms with Crippen molar-refractivity contribution >= 4 is 0 Å². The third kappa shape index (κ3) is 2.76. The van der Waals surface area contributed by atoms with E-state index in [1.807, 2.05) is 0 Å². The second-order valence-corrected chi connectivity index (χ2v) is 5.67. The van der Waals surface area contributed by atoms with Crippen LogP contribution in [0, 0.1) is 6.92 Å². The molecule has 1 fully saturated rings. The Kier molecular flexibility index (Phi) is 4.13. The van der Waals surface area contributed by atoms with Gasteiger partial charge in [-0.25, -0.2) is 0 Å². The van der Waals surface area contributed by atoms with Crippen molar-refractivity contribution in [3.05, 3.63) is 23.3 Å². The fourth-order valence-corrected chi connectivity index (χ4v) is 3.11. The summed E-state index contributed by atoms with van der Waals surface area (Å²) in [6, 6.07) is 4.72. The molecule has 1 N–H and O–H groups in total. The summed E-state index contributed by atoms with van der Waals surface area (Å²) in [7, 11) is 0. The predicted octanol–water partition coefficient (Wildman–Crippen LogP) is 2.12. The number of hydrogen-bond donors (Lipinski definition) is 1. The van der Waals surface area contributed by atoms with Crippen LogP contribution in [-0.2, 0) is 0 Å². The topological polar surface area (TPSA) is 33.7 Å². The number of rotatable bonds is 2. The highest BCUT2D eigenvalue weighted by molar-refractivity contribution is 5.48. The zero-order valence-corrected chi connectivity index (χ0v) is 12.4. The Bertz CT molecular complexity index is 468. The number of ether oxygens (including phenoxy) is 2. The lowest BCUT2D eigenvalue weighted by Crippen LogP contribution is -2.31. The molecule has 2 aliphatic heterocycles. The Morgan fingerprint density at radius 1 is 1.10 bits per heavy atom. The summed E-state index contributed by atoms with van der Waals surface area (Å²) in [5.74, 6) is 1.79. The van der Waals surface area contributed by atoms with Gasteiger partial charge in [0.25, 0.3) is 0 Å². The molecule has 0 saturated carbocycles. The van der Waals surface area contributed by atoms with Gasteiger partial charge in [0.2, 0.25) is 0 Å². The average molecular weight is 276 g/mol. The molecule has 4 heteroatoms. The number of aryl methyl sites for hydroxylation is 1. The molecule has 2 aliphatic rings. The summed E-state index contributed by atoms with van der Waals surface area (Å²) in [5.41, 5.74) is 2.65. The zero-order valence-electron chi connectivity index (χ0n) is 12.4. The van der Waals surface area contributed by atoms with Crippen LogP contribution in [0.4, 0.5) is 0 Å². The van der Waals surface area contributed by atoms with Crippen molar-refractivity contribution in [1.82, 2.24) is 10.2 Å². The van der Waals surface area contributed by atoms with Crippen molar-refractivity contribution in [3.63, 3.8) is 0 Å². The molecule has 1 unspecified atom stereocenters. The molecule has 0 radical (unpaired) electrons. The Balaban J connectivity index is 1.84. The minimum Gasteiger partial charge on any atom is -0.486 e. The normalized spacial score (nSPS) is 21.3. The maximum atomic E-state index is 5.73. The van der Waals surface area contributed by atoms with Gasteiger partial charge >= 0.3 is 0 Å². The van der Waals surface area contributed by atoms with Gasteiger partial charge in [-0.2, -0.15) is 0 Å². The molecule has 1 aromatic carbocycles. The molecule has 1 atom stereocenters. The Labute approximate surface area is 121 Å². The fraction of sp³-hybridized carbons (Fsp3) is 0.625. The SMILES string of the molecule is Cc1cc2c(cc1C(C)N1CCCNCC1)OCCO2. The molecular formula is C16H24N2O2. The third-order valence-corrected chi connectivity index (χ3v) is 4.30. The summed E-state index contributed by atoms with van der Waals surface area (Å²) < 4.78 is 11.4. The van der Waals surface area contributed by atoms with Crippen molar-refractivity contribution in [2.45, 2.75) is 26.3 Å². The lowest BCUT2D eigenvalue weighted by molar-refractivity contribution is 0.170. The highest BCUT2D eigenvalue weighted by Crippen LogP contribution is 2.36. The molecule has 0 aromatic heterocycles. The van der Waals surface area contributed by atoms with Gasteiger partial charge in [0.15, 0.2) is 11.5 Å². The van der Waals surface area contributed by atoms with E-state index in [0.717, 1.165) is 37.7 Å². The first kappa shape index (κ1) is 13.7. The van der Waals surface area contributed by atoms with Crippen molar-refractivity contribution < 1.29 is 9.47 Å². The quantitative estimate of drug-likeness (QED) is 0.897. The first-order valence-electron chi connectivity index (χ1n) is 7.60. The Hall–Kier alpha value is -1.26. The van der Waals surface area contributed by atoms with E-state index in [2.05, 4.69) is 36.2 Å². The Morgan fingerprint density at radius 2 is 1.85 bits per heavy atom. The first-order chi connectivity index (χ1) is 9.75. The van der Waals surface area contributed by atoms with E-state index < -0.39 is 0 Å². The number of fused-ring (bicyclic) bond motifs is 1. The summed E-state index contributed by atoms with van der Waals surface area (Å²) in [6.45, 7) is 10.2. The van der Waals surface area contributed by atoms with Gasteiger partial charge in [0, 0.05) is 19.1 Å². The summed E-state index contributed by atoms with van der Waals surface area (Å²) in [4.78, 5) is 2.55. The largest absolute Gasteiger partial charge is 0.486 e. The van der Waals surface area contributed by atoms with E-state index in [1.54, 1.807) is 0 Å². The number of benzene rings is 1. The smallest absolute Gasteiger partial charge is 0.161 e. The second-order valence-electron chi connectivity index (χ2n) is 5.67. The van der Waals surface area contributed by atoms with Gasteiger partial charge in [-0.1, -0.05) is 0 Å². The molecule has 0 spiro atoms. The van der Waals surface area contributed by atoms with Gasteiger partial charge < -0.3 is 14.8 Å². The summed E-state index contributed by atoms with van der Waals surface area (Å²) in [5, 5.41) is 3.46. The first-order valence-corrected chi connectivity index (χ1v) is 7.60. The van der Waals surface area contributed by atoms with E-state index in [9.17, 15) is 0 Å². The fourth-order valence-electron chi connectivity index (χ4n) is 3.11. The van der Waals surface area contributed by atoms with E-state index in [0.29, 0.717) is 19.3 Å². The highest BCUT2D eigenvalue weighted by Gasteiger charge is 2.22. The van der Waals surface area contributed by atoms with Crippen LogP contribution >= 0.6 is 0 Å². The molecular weight excluding hydrogens is 252 g/mol. The number of nitrogens with one attached hydrogen (secondary N) is 1. The lowest BCUT2D eigenvalue weighted by atomic mass is 10.00. The number of nitrogens with zero attached hydrogens (tertiary/aromatic N) is 1. The van der Waals surface area contributed by atoms with Crippen molar-refractivity contribution in [3.8, 4) is 11.5 Å². The average Bonchev–Trinajstić information content (AvgIpc) is 2.75. The second kappa shape index (κ2) is 6.02. The molecule has 0 bridgehead atoms. The van der Waals surface area contributed by atoms with E-state index in [4.69, 9.17) is 9.47 Å². The van der Waals surface area contributed by atoms with Gasteiger partial charge in [-0.3, -0.25) is 4.90 Å². The van der Waals surface area contributed by atoms with Crippen LogP contribution in [0.5, 0.6) is 11.5 Å². The van der Waals surface area contributed by atoms with Crippen LogP contribution in [0.25, 0.3) is 0 Å². The summed E-state index contributed by atoms with van der Waals surface area (Å²) in [6.07, 6.45) is 1.22. The van der Waals surface area contributed by atoms with Crippen molar-refractivity contribution in [1.29, 1.82) is 0 Å². The predicted molar refractivity (Wildman–Crippen MR) is 79.6 cm³/mol. The van der Waals surface area contributed by atoms with Crippen molar-refractivity contribution in [2.75, 3.05) is 39.4 Å². The monoisotopic (exact) mass is 276 g/mol. The van der Waals surface area contributed by atoms with Crippen LogP contribution < -0.4 is 14.8 Å². The van der Waals surface area contributed by atoms with Crippen LogP contribution in [0.15, 0.2) is 12.1 Å². The highest BCUT2D eigenvalue weighted by atomic mass is 16.6. The molecule has 4 nitrogen and oxygen atoms in total. The van der Waals surface area contributed by atoms with Crippen LogP contribution in [0.1, 0.15) is 30.5 Å². The van der Waals surface area contributed by atoms with Gasteiger partial charge in [0.1, 0.15) is 13.2 Å². The molecule has 110 valence electrons. The van der Waals surface area contributed by atoms with E-state index in [-0.39, 0.29) is 0 Å². The molecule has 2 heterocycles. The Morgan fingerprint density at radius 3 is 2.65 bits per heavy atom. The lowest BCUT2D eigenvalue weighted by Gasteiger charge is -2.30. The maximum Gasteiger partial charge on any atom is 0.161 e. The molecule has 1 saturated heterocycles. The van der Waals surface area contributed by atoms with Crippen LogP contribution in [-0.4, -0.2) is 44.3 Å². The minimum absolute atomic E-state index is 0.422. The van der Waals surface area contributed by atoms with E-state index >= 15 is 0 Å². The molecule has 1 aromatic rings. The number of hydrogen-bond acceptors (Lipinski definition) is 4. The maximum absolute atomic E-state index is 5.73. The summed E-state index contributed by atoms with van der Waals surface area (Å²) >= 11 is 0. The van der Waals surface area contributed by atoms with Crippen LogP contribution in [0.3, 0.4) is 0 Å². The van der Waals surface area contributed by atoms with Gasteiger partial charge in [-0.15, -0.1) is 0 Å². The molecule has 0 amide bonds. The van der Waals surface area contributed by atoms with E-state index in [1.165, 1.54) is 17.5 Å². The van der Waals surface area contributed by atoms with Crippen molar-refractivity contribution in [2.24, 2.45) is 0 Å². The zero-order chi connectivity index (χ0) is 13.9. The van der Waals surface area contributed by atoms with Crippen LogP contribution in [0.2, 0.25) is 0 Å². The molecule has 20 heavy (non-hydrogen) atoms. The minimum atomic E-state index is 0.422. The third-order valence-electron chi connectivity index (χ3n) is 4.30.